The molecule has 2 bridgehead atoms. The number of nitrogens with two attached hydrogens (primary N) is 2. The second kappa shape index (κ2) is 11.0. The quantitative estimate of drug-likeness (QED) is 0.142. The van der Waals surface area contributed by atoms with E-state index in [1.807, 2.05) is 0 Å². The van der Waals surface area contributed by atoms with E-state index in [9.17, 15) is 28.8 Å². The Morgan fingerprint density at radius 1 is 0.978 bits per heavy atom. The smallest absolute Gasteiger partial charge is 0.387 e. The van der Waals surface area contributed by atoms with E-state index in [1.165, 1.54) is 10.9 Å². The van der Waals surface area contributed by atoms with Crippen molar-refractivity contribution in [2.24, 2.45) is 0 Å². The largest absolute Gasteiger partial charge is 0.472 e. The molecule has 4 aromatic heterocycles. The summed E-state index contributed by atoms with van der Waals surface area (Å²) in [7, 11) is -5.10. The molecule has 0 aliphatic carbocycles. The first kappa shape index (κ1) is 30.6. The number of aliphatic hydroxyl groups excluding tert-OH is 1. The molecule has 3 saturated heterocycles. The highest BCUT2D eigenvalue weighted by atomic mass is 32.7. The number of hydrogen-bond acceptors (Lipinski definition) is 17. The first-order valence-electron chi connectivity index (χ1n) is 12.9. The minimum atomic E-state index is -5.10. The van der Waals surface area contributed by atoms with Gasteiger partial charge in [0.25, 0.3) is 5.56 Å². The predicted octanol–water partition coefficient (Wildman–Crippen LogP) is -0.648. The van der Waals surface area contributed by atoms with Gasteiger partial charge in [0, 0.05) is 5.75 Å². The number of phosphoric acid groups is 1. The molecule has 3 fully saturated rings. The van der Waals surface area contributed by atoms with Crippen molar-refractivity contribution in [2.75, 3.05) is 23.8 Å². The number of phosphoric ester groups is 1. The maximum absolute atomic E-state index is 15.9. The molecule has 2 unspecified atom stereocenters. The van der Waals surface area contributed by atoms with E-state index in [0.29, 0.717) is 0 Å². The van der Waals surface area contributed by atoms with Crippen LogP contribution in [0, 0.1) is 0 Å². The number of nitrogens with zero attached hydrogens (tertiary/aromatic N) is 7. The Kier molecular flexibility index (Phi) is 7.49. The maximum atomic E-state index is 15.9. The Labute approximate surface area is 252 Å². The van der Waals surface area contributed by atoms with Crippen molar-refractivity contribution < 1.29 is 51.5 Å². The van der Waals surface area contributed by atoms with Crippen LogP contribution in [-0.2, 0) is 32.2 Å². The van der Waals surface area contributed by atoms with Crippen molar-refractivity contribution in [2.45, 2.75) is 49.1 Å². The molecule has 10 atom stereocenters. The molecule has 0 radical (unpaired) electrons. The average Bonchev–Trinajstić information content (AvgIpc) is 3.72. The number of fused-ring (bicyclic) bond motifs is 5. The number of ether oxygens (including phenoxy) is 2. The lowest BCUT2D eigenvalue weighted by molar-refractivity contribution is -0.0528. The van der Waals surface area contributed by atoms with Crippen molar-refractivity contribution in [3.8, 4) is 0 Å². The lowest BCUT2D eigenvalue weighted by Gasteiger charge is -2.25. The van der Waals surface area contributed by atoms with Crippen LogP contribution >= 0.6 is 26.0 Å². The number of aromatic amines is 1. The van der Waals surface area contributed by atoms with E-state index in [-0.39, 0.29) is 45.5 Å². The zero-order valence-electron chi connectivity index (χ0n) is 22.3. The maximum Gasteiger partial charge on any atom is 0.472 e. The van der Waals surface area contributed by atoms with Gasteiger partial charge in [0.05, 0.1) is 25.4 Å². The Balaban J connectivity index is 1.21. The van der Waals surface area contributed by atoms with E-state index in [4.69, 9.17) is 34.5 Å². The fourth-order valence-electron chi connectivity index (χ4n) is 5.26. The van der Waals surface area contributed by atoms with Crippen LogP contribution in [-0.4, -0.2) is 103 Å². The molecule has 45 heavy (non-hydrogen) atoms. The molecule has 21 nitrogen and oxygen atoms in total. The molecule has 0 saturated carbocycles. The molecule has 8 N–H and O–H groups in total. The van der Waals surface area contributed by atoms with Crippen LogP contribution in [0.25, 0.3) is 22.3 Å². The number of anilines is 2. The summed E-state index contributed by atoms with van der Waals surface area (Å²) in [4.78, 5) is 55.9. The lowest BCUT2D eigenvalue weighted by atomic mass is 10.1. The molecule has 7 heterocycles. The van der Waals surface area contributed by atoms with Crippen LogP contribution < -0.4 is 17.0 Å². The second-order valence-electron chi connectivity index (χ2n) is 10.1. The van der Waals surface area contributed by atoms with Crippen molar-refractivity contribution in [1.29, 1.82) is 0 Å². The molecule has 0 amide bonds. The predicted molar refractivity (Wildman–Crippen MR) is 149 cm³/mol. The first-order valence-corrected chi connectivity index (χ1v) is 17.6. The third-order valence-corrected chi connectivity index (χ3v) is 11.3. The summed E-state index contributed by atoms with van der Waals surface area (Å²) >= 11 is 0.284. The molecule has 242 valence electrons. The zero-order valence-corrected chi connectivity index (χ0v) is 24.9. The second-order valence-corrected chi connectivity index (χ2v) is 15.4. The third-order valence-electron chi connectivity index (χ3n) is 7.28. The fraction of sp³-hybridized carbons (Fsp3) is 0.500. The molecular formula is C20H23FN10O11P2S. The normalized spacial score (nSPS) is 37.7. The minimum Gasteiger partial charge on any atom is -0.387 e. The zero-order chi connectivity index (χ0) is 31.8. The summed E-state index contributed by atoms with van der Waals surface area (Å²) in [5, 5.41) is 11.0. The number of imidazole rings is 2. The highest BCUT2D eigenvalue weighted by Crippen LogP contribution is 2.60. The van der Waals surface area contributed by atoms with Crippen molar-refractivity contribution >= 4 is 60.1 Å². The van der Waals surface area contributed by atoms with Gasteiger partial charge in [-0.05, 0) is 11.4 Å². The van der Waals surface area contributed by atoms with Gasteiger partial charge in [0.1, 0.15) is 36.3 Å². The molecular weight excluding hydrogens is 669 g/mol. The summed E-state index contributed by atoms with van der Waals surface area (Å²) in [5.41, 5.74) is 10.8. The average molecular weight is 692 g/mol. The van der Waals surface area contributed by atoms with E-state index >= 15 is 4.39 Å². The number of aliphatic hydroxyl groups is 1. The molecule has 7 rings (SSSR count). The van der Waals surface area contributed by atoms with E-state index in [1.54, 1.807) is 0 Å². The molecule has 0 aromatic carbocycles. The molecule has 0 spiro atoms. The standard InChI is InChI=1S/C20H23FN10O11P2S/c21-8-12-7(40-18(8)30-4-26-9-14(22)24-3-25-15(9)30)2-45-44(36,37)42-13-11(32)6(1-38-43(34,35)41-12)39-19(13)31-5-27-10-16(31)28-20(23)29-17(10)33/h3-8,11-13,18-19,32H,1-2H2,(H,34,35)(H,36,37)(H2,22,24,25)(H3,23,28,29,33)/t6-,7-,8-,11-,12-,13-,18-,19-/m1/s1. The summed E-state index contributed by atoms with van der Waals surface area (Å²) in [6.45, 7) is -5.56. The number of H-pyrrole nitrogens is 1. The molecule has 4 aromatic rings. The van der Waals surface area contributed by atoms with Gasteiger partial charge in [-0.3, -0.25) is 32.5 Å². The van der Waals surface area contributed by atoms with Crippen LogP contribution in [0.3, 0.4) is 0 Å². The summed E-state index contributed by atoms with van der Waals surface area (Å²) in [6, 6.07) is 0. The van der Waals surface area contributed by atoms with Crippen LogP contribution in [0.15, 0.2) is 23.8 Å². The number of nitrogens with one attached hydrogen (secondary N) is 1. The Morgan fingerprint density at radius 3 is 2.47 bits per heavy atom. The topological polar surface area (TPSA) is 300 Å². The first-order chi connectivity index (χ1) is 21.3. The van der Waals surface area contributed by atoms with Crippen molar-refractivity contribution in [3.05, 3.63) is 29.3 Å². The lowest BCUT2D eigenvalue weighted by Crippen LogP contribution is -2.35. The molecule has 3 aliphatic heterocycles. The Hall–Kier alpha value is -3.08. The summed E-state index contributed by atoms with van der Waals surface area (Å²) in [5.74, 6) is -0.761. The van der Waals surface area contributed by atoms with Gasteiger partial charge in [-0.1, -0.05) is 0 Å². The van der Waals surface area contributed by atoms with Gasteiger partial charge in [-0.25, -0.2) is 33.5 Å². The van der Waals surface area contributed by atoms with E-state index < -0.39 is 81.7 Å². The van der Waals surface area contributed by atoms with Crippen LogP contribution in [0.2, 0.25) is 0 Å². The van der Waals surface area contributed by atoms with Crippen LogP contribution in [0.4, 0.5) is 16.2 Å². The highest BCUT2D eigenvalue weighted by Gasteiger charge is 2.54. The Bertz CT molecular complexity index is 1950. The SMILES string of the molecule is Nc1nc2c(ncn2[C@@H]2O[C@@H]3COP(=O)(O)O[C@H]4[C@@H](F)[C@H](n5cnc6c(N)ncnc65)O[C@@H]4CSP(=O)(O)O[C@@H]2[C@@H]3O)c(=O)[nH]1. The number of aromatic nitrogens is 8. The number of halogens is 1. The monoisotopic (exact) mass is 692 g/mol. The van der Waals surface area contributed by atoms with Gasteiger partial charge < -0.3 is 35.8 Å². The van der Waals surface area contributed by atoms with Crippen molar-refractivity contribution in [3.63, 3.8) is 0 Å². The van der Waals surface area contributed by atoms with Gasteiger partial charge in [0.2, 0.25) is 5.95 Å². The van der Waals surface area contributed by atoms with Gasteiger partial charge in [-0.2, -0.15) is 4.98 Å². The number of hydrogen-bond donors (Lipinski definition) is 6. The summed E-state index contributed by atoms with van der Waals surface area (Å²) < 4.78 is 72.0. The molecule has 25 heteroatoms. The van der Waals surface area contributed by atoms with Crippen LogP contribution in [0.1, 0.15) is 12.5 Å². The van der Waals surface area contributed by atoms with E-state index in [0.717, 1.165) is 17.2 Å². The fourth-order valence-corrected chi connectivity index (χ4v) is 8.90. The van der Waals surface area contributed by atoms with Crippen LogP contribution in [0.5, 0.6) is 0 Å². The van der Waals surface area contributed by atoms with Gasteiger partial charge in [-0.15, -0.1) is 0 Å². The third kappa shape index (κ3) is 5.42. The Morgan fingerprint density at radius 2 is 1.69 bits per heavy atom. The summed E-state index contributed by atoms with van der Waals surface area (Å²) in [6.07, 6.45) is -9.72. The number of nitrogen functional groups attached to an aromatic ring is 2. The van der Waals surface area contributed by atoms with Gasteiger partial charge in [0.15, 0.2) is 41.3 Å². The minimum absolute atomic E-state index is 0.0141. The highest BCUT2D eigenvalue weighted by molar-refractivity contribution is 8.54. The van der Waals surface area contributed by atoms with E-state index in [2.05, 4.69) is 29.9 Å². The van der Waals surface area contributed by atoms with Crippen molar-refractivity contribution in [1.82, 2.24) is 39.0 Å². The van der Waals surface area contributed by atoms with Gasteiger partial charge >= 0.3 is 14.6 Å². The number of rotatable bonds is 2. The number of alkyl halides is 1. The molecule has 3 aliphatic rings.